The average molecular weight is 330 g/mol. The van der Waals surface area contributed by atoms with Gasteiger partial charge in [0.05, 0.1) is 12.7 Å². The van der Waals surface area contributed by atoms with Gasteiger partial charge in [-0.1, -0.05) is 13.8 Å². The molecule has 0 aliphatic carbocycles. The topological polar surface area (TPSA) is 84.9 Å². The number of nitrogens with one attached hydrogen (secondary N) is 1. The summed E-state index contributed by atoms with van der Waals surface area (Å²) in [5, 5.41) is 2.10. The molecule has 0 radical (unpaired) electrons. The van der Waals surface area contributed by atoms with E-state index in [-0.39, 0.29) is 12.3 Å². The third-order valence-electron chi connectivity index (χ3n) is 2.84. The van der Waals surface area contributed by atoms with Crippen molar-refractivity contribution in [2.75, 3.05) is 20.8 Å². The Morgan fingerprint density at radius 2 is 1.91 bits per heavy atom. The first-order valence-corrected chi connectivity index (χ1v) is 7.69. The largest absolute Gasteiger partial charge is 0.382 e. The molecule has 1 N–H and O–H groups in total. The van der Waals surface area contributed by atoms with Gasteiger partial charge in [-0.2, -0.15) is 0 Å². The molecule has 134 valence electrons. The fourth-order valence-electron chi connectivity index (χ4n) is 1.91. The van der Waals surface area contributed by atoms with Gasteiger partial charge in [0.15, 0.2) is 0 Å². The lowest BCUT2D eigenvalue weighted by atomic mass is 10.2. The fourth-order valence-corrected chi connectivity index (χ4v) is 1.91. The summed E-state index contributed by atoms with van der Waals surface area (Å²) in [5.41, 5.74) is 0.461. The van der Waals surface area contributed by atoms with Gasteiger partial charge in [-0.25, -0.2) is 0 Å². The van der Waals surface area contributed by atoms with E-state index >= 15 is 0 Å². The third kappa shape index (κ3) is 10.6. The number of nitrogens with zero attached hydrogens (tertiary/aromatic N) is 1. The van der Waals surface area contributed by atoms with Gasteiger partial charge < -0.3 is 19.2 Å². The minimum absolute atomic E-state index is 0.0517. The lowest BCUT2D eigenvalue weighted by Crippen LogP contribution is -2.30. The van der Waals surface area contributed by atoms with Crippen LogP contribution >= 0.6 is 0 Å². The van der Waals surface area contributed by atoms with Crippen LogP contribution in [0.3, 0.4) is 0 Å². The Kier molecular flexibility index (Phi) is 15.5. The van der Waals surface area contributed by atoms with Crippen molar-refractivity contribution in [3.05, 3.63) is 11.8 Å². The van der Waals surface area contributed by atoms with Gasteiger partial charge in [0, 0.05) is 25.9 Å². The SMILES string of the molecule is CC.CC=O.COCC1CCC(N(C)/C=C(/C)C(=O)NC=O)O1. The molecule has 1 aliphatic rings. The molecule has 0 aromatic rings. The summed E-state index contributed by atoms with van der Waals surface area (Å²) in [6.07, 6.45) is 4.70. The lowest BCUT2D eigenvalue weighted by Gasteiger charge is -2.23. The molecule has 1 fully saturated rings. The average Bonchev–Trinajstić information content (AvgIpc) is 2.99. The lowest BCUT2D eigenvalue weighted by molar-refractivity contribution is -0.122. The predicted octanol–water partition coefficient (Wildman–Crippen LogP) is 1.48. The highest BCUT2D eigenvalue weighted by molar-refractivity contribution is 5.98. The summed E-state index contributed by atoms with van der Waals surface area (Å²) in [7, 11) is 3.49. The van der Waals surface area contributed by atoms with Gasteiger partial charge in [-0.15, -0.1) is 0 Å². The quantitative estimate of drug-likeness (QED) is 0.586. The van der Waals surface area contributed by atoms with Gasteiger partial charge in [0.2, 0.25) is 6.41 Å². The first-order chi connectivity index (χ1) is 11.0. The summed E-state index contributed by atoms with van der Waals surface area (Å²) in [6.45, 7) is 7.68. The Hall–Kier alpha value is -1.73. The van der Waals surface area contributed by atoms with Crippen molar-refractivity contribution in [2.45, 2.75) is 52.9 Å². The van der Waals surface area contributed by atoms with Crippen molar-refractivity contribution in [3.63, 3.8) is 0 Å². The van der Waals surface area contributed by atoms with Crippen molar-refractivity contribution in [1.29, 1.82) is 0 Å². The number of rotatable bonds is 6. The Bertz CT molecular complexity index is 371. The predicted molar refractivity (Wildman–Crippen MR) is 88.6 cm³/mol. The van der Waals surface area contributed by atoms with Gasteiger partial charge in [-0.05, 0) is 26.7 Å². The molecule has 2 unspecified atom stereocenters. The molecule has 23 heavy (non-hydrogen) atoms. The molecule has 1 saturated heterocycles. The van der Waals surface area contributed by atoms with Gasteiger partial charge in [0.25, 0.3) is 5.91 Å². The van der Waals surface area contributed by atoms with Gasteiger partial charge in [0.1, 0.15) is 12.5 Å². The van der Waals surface area contributed by atoms with E-state index in [2.05, 4.69) is 5.32 Å². The van der Waals surface area contributed by atoms with Crippen molar-refractivity contribution in [1.82, 2.24) is 10.2 Å². The molecule has 0 spiro atoms. The summed E-state index contributed by atoms with van der Waals surface area (Å²) in [6, 6.07) is 0. The van der Waals surface area contributed by atoms with E-state index in [4.69, 9.17) is 14.3 Å². The molecule has 0 bridgehead atoms. The summed E-state index contributed by atoms with van der Waals surface area (Å²) in [4.78, 5) is 32.2. The number of hydrogen-bond donors (Lipinski definition) is 1. The summed E-state index contributed by atoms with van der Waals surface area (Å²) in [5.74, 6) is -0.400. The molecule has 7 heteroatoms. The van der Waals surface area contributed by atoms with E-state index in [9.17, 15) is 9.59 Å². The monoisotopic (exact) mass is 330 g/mol. The maximum absolute atomic E-state index is 11.4. The molecule has 1 heterocycles. The molecule has 1 rings (SSSR count). The first-order valence-electron chi connectivity index (χ1n) is 7.69. The van der Waals surface area contributed by atoms with Crippen LogP contribution < -0.4 is 5.32 Å². The molecule has 2 amide bonds. The maximum atomic E-state index is 11.4. The maximum Gasteiger partial charge on any atom is 0.254 e. The third-order valence-corrected chi connectivity index (χ3v) is 2.84. The standard InChI is InChI=1S/C12H20N2O4.C2H4O.C2H6/c1-9(12(16)13-8-15)6-14(2)11-5-4-10(18-11)7-17-3;1-2-3;1-2/h6,8,10-11H,4-5,7H2,1-3H3,(H,13,15,16);2H,1H3;1-2H3/b9-6-;;. The van der Waals surface area contributed by atoms with E-state index < -0.39 is 5.91 Å². The Morgan fingerprint density at radius 1 is 1.35 bits per heavy atom. The second kappa shape index (κ2) is 15.2. The van der Waals surface area contributed by atoms with Crippen LogP contribution in [0.15, 0.2) is 11.8 Å². The highest BCUT2D eigenvalue weighted by Gasteiger charge is 2.27. The van der Waals surface area contributed by atoms with Crippen LogP contribution in [0, 0.1) is 0 Å². The van der Waals surface area contributed by atoms with Crippen LogP contribution in [-0.4, -0.2) is 56.6 Å². The molecule has 0 saturated carbocycles. The van der Waals surface area contributed by atoms with E-state index in [1.54, 1.807) is 20.2 Å². The van der Waals surface area contributed by atoms with Crippen LogP contribution in [0.2, 0.25) is 0 Å². The molecule has 1 aliphatic heterocycles. The number of methoxy groups -OCH3 is 1. The number of amides is 2. The normalized spacial score (nSPS) is 19.5. The minimum atomic E-state index is -0.400. The molecular weight excluding hydrogens is 300 g/mol. The van der Waals surface area contributed by atoms with Crippen LogP contribution in [-0.2, 0) is 23.9 Å². The van der Waals surface area contributed by atoms with E-state index in [1.165, 1.54) is 6.92 Å². The number of carbonyl (C=O) groups excluding carboxylic acids is 3. The molecule has 0 aromatic carbocycles. The number of hydrogen-bond acceptors (Lipinski definition) is 6. The number of imide groups is 1. The minimum Gasteiger partial charge on any atom is -0.382 e. The number of aldehydes is 1. The van der Waals surface area contributed by atoms with Crippen molar-refractivity contribution < 1.29 is 23.9 Å². The smallest absolute Gasteiger partial charge is 0.254 e. The molecular formula is C16H30N2O5. The Morgan fingerprint density at radius 3 is 2.39 bits per heavy atom. The number of ether oxygens (including phenoxy) is 2. The second-order valence-corrected chi connectivity index (χ2v) is 4.55. The highest BCUT2D eigenvalue weighted by Crippen LogP contribution is 2.22. The molecule has 2 atom stereocenters. The van der Waals surface area contributed by atoms with Crippen LogP contribution in [0.1, 0.15) is 40.5 Å². The Labute approximate surface area is 139 Å². The van der Waals surface area contributed by atoms with Gasteiger partial charge >= 0.3 is 0 Å². The van der Waals surface area contributed by atoms with Crippen LogP contribution in [0.5, 0.6) is 0 Å². The second-order valence-electron chi connectivity index (χ2n) is 4.55. The van der Waals surface area contributed by atoms with E-state index in [0.717, 1.165) is 19.1 Å². The van der Waals surface area contributed by atoms with E-state index in [0.29, 0.717) is 18.6 Å². The summed E-state index contributed by atoms with van der Waals surface area (Å²) >= 11 is 0. The van der Waals surface area contributed by atoms with E-state index in [1.807, 2.05) is 25.8 Å². The van der Waals surface area contributed by atoms with Crippen LogP contribution in [0.4, 0.5) is 0 Å². The number of carbonyl (C=O) groups is 3. The highest BCUT2D eigenvalue weighted by atomic mass is 16.5. The van der Waals surface area contributed by atoms with Crippen molar-refractivity contribution in [3.8, 4) is 0 Å². The zero-order valence-corrected chi connectivity index (χ0v) is 15.0. The van der Waals surface area contributed by atoms with Gasteiger partial charge in [-0.3, -0.25) is 14.9 Å². The molecule has 7 nitrogen and oxygen atoms in total. The summed E-state index contributed by atoms with van der Waals surface area (Å²) < 4.78 is 10.8. The van der Waals surface area contributed by atoms with Crippen LogP contribution in [0.25, 0.3) is 0 Å². The zero-order valence-electron chi connectivity index (χ0n) is 15.0. The van der Waals surface area contributed by atoms with Crippen molar-refractivity contribution in [2.24, 2.45) is 0 Å². The fraction of sp³-hybridized carbons (Fsp3) is 0.688. The van der Waals surface area contributed by atoms with Crippen molar-refractivity contribution >= 4 is 18.6 Å². The molecule has 0 aromatic heterocycles. The first kappa shape index (κ1) is 23.5. The Balaban J connectivity index is 0. The zero-order chi connectivity index (χ0) is 18.3.